The standard InChI is InChI=1S/C25H33N5O2/c1-17(16-31)30(11-9-18-6-7-24(26)28-14-18)15-21-12-19(21)8-10-27-25(32)23-13-20-4-2-3-5-22(20)29-23/h2-7,13-14,17,19,21,29,31H,8-12,15-16H2,1H3,(H2,26,28)(H,27,32)/t17-,19-,21+/m0/s1. The van der Waals surface area contributed by atoms with E-state index in [0.29, 0.717) is 29.9 Å². The van der Waals surface area contributed by atoms with Crippen molar-refractivity contribution in [1.29, 1.82) is 0 Å². The van der Waals surface area contributed by atoms with Crippen LogP contribution in [0.5, 0.6) is 0 Å². The van der Waals surface area contributed by atoms with Crippen molar-refractivity contribution < 1.29 is 9.90 Å². The van der Waals surface area contributed by atoms with Gasteiger partial charge in [-0.1, -0.05) is 24.3 Å². The fourth-order valence-electron chi connectivity index (χ4n) is 4.31. The zero-order valence-electron chi connectivity index (χ0n) is 18.6. The summed E-state index contributed by atoms with van der Waals surface area (Å²) in [6, 6.07) is 13.8. The summed E-state index contributed by atoms with van der Waals surface area (Å²) >= 11 is 0. The minimum absolute atomic E-state index is 0.0500. The highest BCUT2D eigenvalue weighted by Crippen LogP contribution is 2.41. The van der Waals surface area contributed by atoms with Gasteiger partial charge in [-0.3, -0.25) is 9.69 Å². The number of rotatable bonds is 11. The Kier molecular flexibility index (Phi) is 7.07. The zero-order valence-corrected chi connectivity index (χ0v) is 18.6. The van der Waals surface area contributed by atoms with Crippen molar-refractivity contribution in [3.05, 3.63) is 59.9 Å². The van der Waals surface area contributed by atoms with Gasteiger partial charge in [0.05, 0.1) is 6.61 Å². The van der Waals surface area contributed by atoms with Crippen LogP contribution in [0, 0.1) is 11.8 Å². The molecule has 0 saturated heterocycles. The summed E-state index contributed by atoms with van der Waals surface area (Å²) < 4.78 is 0. The van der Waals surface area contributed by atoms with Gasteiger partial charge in [0.15, 0.2) is 0 Å². The number of carbonyl (C=O) groups is 1. The first-order valence-corrected chi connectivity index (χ1v) is 11.4. The van der Waals surface area contributed by atoms with Gasteiger partial charge >= 0.3 is 0 Å². The van der Waals surface area contributed by atoms with Crippen LogP contribution in [0.25, 0.3) is 10.9 Å². The number of benzene rings is 1. The molecule has 1 saturated carbocycles. The fourth-order valence-corrected chi connectivity index (χ4v) is 4.31. The van der Waals surface area contributed by atoms with Gasteiger partial charge in [-0.05, 0) is 61.8 Å². The highest BCUT2D eigenvalue weighted by Gasteiger charge is 2.38. The lowest BCUT2D eigenvalue weighted by Gasteiger charge is -2.28. The molecule has 1 aliphatic carbocycles. The molecule has 0 aliphatic heterocycles. The molecule has 0 unspecified atom stereocenters. The van der Waals surface area contributed by atoms with Gasteiger partial charge in [0.1, 0.15) is 11.5 Å². The molecule has 7 nitrogen and oxygen atoms in total. The Morgan fingerprint density at radius 2 is 2.16 bits per heavy atom. The molecule has 4 rings (SSSR count). The average Bonchev–Trinajstić information content (AvgIpc) is 3.39. The molecule has 5 N–H and O–H groups in total. The number of para-hydroxylation sites is 1. The van der Waals surface area contributed by atoms with Crippen LogP contribution in [0.2, 0.25) is 0 Å². The zero-order chi connectivity index (χ0) is 22.5. The number of H-pyrrole nitrogens is 1. The Morgan fingerprint density at radius 1 is 1.31 bits per heavy atom. The third-order valence-electron chi connectivity index (χ3n) is 6.54. The summed E-state index contributed by atoms with van der Waals surface area (Å²) in [5, 5.41) is 13.8. The Labute approximate surface area is 189 Å². The van der Waals surface area contributed by atoms with Crippen molar-refractivity contribution in [3.63, 3.8) is 0 Å². The molecule has 3 aromatic rings. The first-order valence-electron chi connectivity index (χ1n) is 11.4. The van der Waals surface area contributed by atoms with Crippen LogP contribution in [0.3, 0.4) is 0 Å². The molecule has 2 heterocycles. The number of anilines is 1. The Hall–Kier alpha value is -2.90. The predicted molar refractivity (Wildman–Crippen MR) is 127 cm³/mol. The number of amides is 1. The number of aliphatic hydroxyl groups is 1. The van der Waals surface area contributed by atoms with Gasteiger partial charge in [-0.25, -0.2) is 4.98 Å². The number of hydrogen-bond donors (Lipinski definition) is 4. The van der Waals surface area contributed by atoms with E-state index in [-0.39, 0.29) is 18.6 Å². The number of nitrogens with zero attached hydrogens (tertiary/aromatic N) is 2. The van der Waals surface area contributed by atoms with Gasteiger partial charge < -0.3 is 21.1 Å². The molecule has 1 aliphatic rings. The molecule has 1 aromatic carbocycles. The number of hydrogen-bond acceptors (Lipinski definition) is 5. The Morgan fingerprint density at radius 3 is 2.91 bits per heavy atom. The number of nitrogens with one attached hydrogen (secondary N) is 2. The molecule has 7 heteroatoms. The molecule has 170 valence electrons. The SMILES string of the molecule is C[C@@H](CO)N(CCc1ccc(N)nc1)C[C@H]1C[C@@H]1CCNC(=O)c1cc2ccccc2[nH]1. The molecule has 0 spiro atoms. The van der Waals surface area contributed by atoms with Gasteiger partial charge in [0.2, 0.25) is 0 Å². The van der Waals surface area contributed by atoms with Gasteiger partial charge in [-0.2, -0.15) is 0 Å². The van der Waals surface area contributed by atoms with E-state index < -0.39 is 0 Å². The lowest BCUT2D eigenvalue weighted by molar-refractivity contribution is 0.0948. The minimum atomic E-state index is -0.0500. The monoisotopic (exact) mass is 435 g/mol. The summed E-state index contributed by atoms with van der Waals surface area (Å²) in [5.41, 5.74) is 8.41. The van der Waals surface area contributed by atoms with E-state index in [4.69, 9.17) is 5.73 Å². The number of aromatic nitrogens is 2. The molecule has 2 aromatic heterocycles. The van der Waals surface area contributed by atoms with Crippen LogP contribution in [0.1, 0.15) is 35.8 Å². The van der Waals surface area contributed by atoms with Crippen molar-refractivity contribution in [3.8, 4) is 0 Å². The highest BCUT2D eigenvalue weighted by atomic mass is 16.3. The van der Waals surface area contributed by atoms with Crippen molar-refractivity contribution in [2.45, 2.75) is 32.2 Å². The summed E-state index contributed by atoms with van der Waals surface area (Å²) in [6.45, 7) is 4.76. The summed E-state index contributed by atoms with van der Waals surface area (Å²) in [5.74, 6) is 1.74. The third kappa shape index (κ3) is 5.66. The van der Waals surface area contributed by atoms with Crippen molar-refractivity contribution >= 4 is 22.6 Å². The molecule has 32 heavy (non-hydrogen) atoms. The molecular weight excluding hydrogens is 402 g/mol. The van der Waals surface area contributed by atoms with Crippen LogP contribution < -0.4 is 11.1 Å². The summed E-state index contributed by atoms with van der Waals surface area (Å²) in [4.78, 5) is 22.2. The van der Waals surface area contributed by atoms with Crippen molar-refractivity contribution in [1.82, 2.24) is 20.2 Å². The van der Waals surface area contributed by atoms with Crippen LogP contribution >= 0.6 is 0 Å². The maximum Gasteiger partial charge on any atom is 0.267 e. The number of nitrogen functional groups attached to an aromatic ring is 1. The molecule has 0 bridgehead atoms. The highest BCUT2D eigenvalue weighted by molar-refractivity contribution is 5.97. The second-order valence-corrected chi connectivity index (χ2v) is 8.94. The predicted octanol–water partition coefficient (Wildman–Crippen LogP) is 2.83. The molecule has 1 fully saturated rings. The minimum Gasteiger partial charge on any atom is -0.395 e. The Balaban J connectivity index is 1.21. The lowest BCUT2D eigenvalue weighted by Crippen LogP contribution is -2.39. The largest absolute Gasteiger partial charge is 0.395 e. The lowest BCUT2D eigenvalue weighted by atomic mass is 10.1. The average molecular weight is 436 g/mol. The van der Waals surface area contributed by atoms with Crippen molar-refractivity contribution in [2.24, 2.45) is 11.8 Å². The first kappa shape index (κ1) is 22.3. The third-order valence-corrected chi connectivity index (χ3v) is 6.54. The maximum absolute atomic E-state index is 12.5. The van der Waals surface area contributed by atoms with Gasteiger partial charge in [0, 0.05) is 42.8 Å². The van der Waals surface area contributed by atoms with E-state index in [1.54, 1.807) is 0 Å². The number of fused-ring (bicyclic) bond motifs is 1. The summed E-state index contributed by atoms with van der Waals surface area (Å²) in [7, 11) is 0. The maximum atomic E-state index is 12.5. The van der Waals surface area contributed by atoms with Crippen LogP contribution in [-0.2, 0) is 6.42 Å². The Bertz CT molecular complexity index is 999. The summed E-state index contributed by atoms with van der Waals surface area (Å²) in [6.07, 6.45) is 4.88. The van der Waals surface area contributed by atoms with E-state index in [9.17, 15) is 9.90 Å². The molecule has 3 atom stereocenters. The topological polar surface area (TPSA) is 107 Å². The number of carbonyl (C=O) groups excluding carboxylic acids is 1. The van der Waals surface area contributed by atoms with E-state index in [1.807, 2.05) is 48.7 Å². The second kappa shape index (κ2) is 10.1. The smallest absolute Gasteiger partial charge is 0.267 e. The number of pyridine rings is 1. The molecular formula is C25H33N5O2. The van der Waals surface area contributed by atoms with E-state index in [1.165, 1.54) is 6.42 Å². The van der Waals surface area contributed by atoms with E-state index >= 15 is 0 Å². The fraction of sp³-hybridized carbons (Fsp3) is 0.440. The normalized spacial score (nSPS) is 18.7. The molecule has 0 radical (unpaired) electrons. The molecule has 1 amide bonds. The second-order valence-electron chi connectivity index (χ2n) is 8.94. The van der Waals surface area contributed by atoms with E-state index in [2.05, 4.69) is 27.1 Å². The van der Waals surface area contributed by atoms with Gasteiger partial charge in [-0.15, -0.1) is 0 Å². The first-order chi connectivity index (χ1) is 15.5. The number of aromatic amines is 1. The quantitative estimate of drug-likeness (QED) is 0.370. The van der Waals surface area contributed by atoms with Crippen LogP contribution in [0.4, 0.5) is 5.82 Å². The van der Waals surface area contributed by atoms with Crippen LogP contribution in [-0.4, -0.2) is 58.2 Å². The van der Waals surface area contributed by atoms with Gasteiger partial charge in [0.25, 0.3) is 5.91 Å². The van der Waals surface area contributed by atoms with Crippen LogP contribution in [0.15, 0.2) is 48.7 Å². The van der Waals surface area contributed by atoms with Crippen molar-refractivity contribution in [2.75, 3.05) is 32.0 Å². The number of nitrogens with two attached hydrogens (primary N) is 1. The number of aliphatic hydroxyl groups excluding tert-OH is 1. The van der Waals surface area contributed by atoms with E-state index in [0.717, 1.165) is 42.4 Å².